The van der Waals surface area contributed by atoms with Gasteiger partial charge >= 0.3 is 0 Å². The van der Waals surface area contributed by atoms with Gasteiger partial charge in [0.1, 0.15) is 11.4 Å². The summed E-state index contributed by atoms with van der Waals surface area (Å²) >= 11 is 0. The Morgan fingerprint density at radius 3 is 2.75 bits per heavy atom. The van der Waals surface area contributed by atoms with Gasteiger partial charge in [-0.1, -0.05) is 26.8 Å². The molecule has 0 aliphatic carbocycles. The summed E-state index contributed by atoms with van der Waals surface area (Å²) in [4.78, 5) is 0. The molecule has 0 saturated heterocycles. The van der Waals surface area contributed by atoms with Crippen LogP contribution in [0.1, 0.15) is 52.4 Å². The van der Waals surface area contributed by atoms with Gasteiger partial charge in [0, 0.05) is 0 Å². The fourth-order valence-corrected chi connectivity index (χ4v) is 2.44. The third-order valence-corrected chi connectivity index (χ3v) is 4.23. The standard InChI is InChI=1S/C15H20N4O/c1-6-14(2,3)10-7-8-12-11(9-10)19-13(16-17-18-19)15(4,5)20-12/h7-9H,6H2,1-5H3. The van der Waals surface area contributed by atoms with Crippen molar-refractivity contribution in [3.05, 3.63) is 29.6 Å². The normalized spacial score (nSPS) is 16.2. The van der Waals surface area contributed by atoms with Gasteiger partial charge in [0.25, 0.3) is 0 Å². The second-order valence-corrected chi connectivity index (χ2v) is 6.45. The van der Waals surface area contributed by atoms with Crippen molar-refractivity contribution >= 4 is 0 Å². The minimum Gasteiger partial charge on any atom is -0.478 e. The monoisotopic (exact) mass is 272 g/mol. The Hall–Kier alpha value is -1.91. The molecule has 0 bridgehead atoms. The lowest BCUT2D eigenvalue weighted by atomic mass is 9.82. The quantitative estimate of drug-likeness (QED) is 0.843. The van der Waals surface area contributed by atoms with Crippen LogP contribution in [0, 0.1) is 0 Å². The number of nitrogens with zero attached hydrogens (tertiary/aromatic N) is 4. The minimum absolute atomic E-state index is 0.121. The van der Waals surface area contributed by atoms with Crippen LogP contribution >= 0.6 is 0 Å². The number of aromatic nitrogens is 4. The number of tetrazole rings is 1. The van der Waals surface area contributed by atoms with E-state index in [0.29, 0.717) is 0 Å². The Bertz CT molecular complexity index is 658. The van der Waals surface area contributed by atoms with Crippen LogP contribution in [0.5, 0.6) is 5.75 Å². The molecular weight excluding hydrogens is 252 g/mol. The molecule has 1 aromatic heterocycles. The average molecular weight is 272 g/mol. The van der Waals surface area contributed by atoms with E-state index in [0.717, 1.165) is 23.7 Å². The van der Waals surface area contributed by atoms with Gasteiger partial charge in [0.05, 0.1) is 0 Å². The molecule has 1 aliphatic rings. The molecule has 0 N–H and O–H groups in total. The van der Waals surface area contributed by atoms with Crippen molar-refractivity contribution in [1.82, 2.24) is 20.2 Å². The first kappa shape index (κ1) is 13.1. The highest BCUT2D eigenvalue weighted by molar-refractivity contribution is 5.52. The van der Waals surface area contributed by atoms with Crippen molar-refractivity contribution in [2.24, 2.45) is 0 Å². The highest BCUT2D eigenvalue weighted by atomic mass is 16.5. The summed E-state index contributed by atoms with van der Waals surface area (Å²) in [6.07, 6.45) is 1.07. The Balaban J connectivity index is 2.18. The van der Waals surface area contributed by atoms with Crippen LogP contribution in [0.4, 0.5) is 0 Å². The molecule has 1 aliphatic heterocycles. The number of ether oxygens (including phenoxy) is 1. The third kappa shape index (κ3) is 1.80. The molecule has 20 heavy (non-hydrogen) atoms. The maximum absolute atomic E-state index is 6.04. The molecule has 1 aromatic carbocycles. The molecule has 5 nitrogen and oxygen atoms in total. The maximum atomic E-state index is 6.04. The molecule has 0 amide bonds. The Labute approximate surface area is 118 Å². The molecule has 3 rings (SSSR count). The fraction of sp³-hybridized carbons (Fsp3) is 0.533. The molecule has 2 aromatic rings. The molecule has 0 unspecified atom stereocenters. The zero-order valence-corrected chi connectivity index (χ0v) is 12.6. The molecule has 5 heteroatoms. The summed E-state index contributed by atoms with van der Waals surface area (Å²) in [5.41, 5.74) is 1.79. The van der Waals surface area contributed by atoms with Crippen LogP contribution in [-0.2, 0) is 11.0 Å². The third-order valence-electron chi connectivity index (χ3n) is 4.23. The molecule has 0 fully saturated rings. The Morgan fingerprint density at radius 2 is 2.05 bits per heavy atom. The lowest BCUT2D eigenvalue weighted by molar-refractivity contribution is 0.0852. The summed E-state index contributed by atoms with van der Waals surface area (Å²) in [7, 11) is 0. The molecule has 0 saturated carbocycles. The largest absolute Gasteiger partial charge is 0.478 e. The van der Waals surface area contributed by atoms with Gasteiger partial charge in [0.2, 0.25) is 0 Å². The highest BCUT2D eigenvalue weighted by Gasteiger charge is 2.36. The summed E-state index contributed by atoms with van der Waals surface area (Å²) in [5.74, 6) is 1.56. The smallest absolute Gasteiger partial charge is 0.199 e. The van der Waals surface area contributed by atoms with E-state index in [-0.39, 0.29) is 5.41 Å². The maximum Gasteiger partial charge on any atom is 0.199 e. The first-order valence-electron chi connectivity index (χ1n) is 6.98. The Morgan fingerprint density at radius 1 is 1.30 bits per heavy atom. The van der Waals surface area contributed by atoms with Crippen molar-refractivity contribution in [2.75, 3.05) is 0 Å². The van der Waals surface area contributed by atoms with E-state index >= 15 is 0 Å². The molecule has 2 heterocycles. The fourth-order valence-electron chi connectivity index (χ4n) is 2.44. The van der Waals surface area contributed by atoms with Crippen LogP contribution in [0.2, 0.25) is 0 Å². The van der Waals surface area contributed by atoms with E-state index < -0.39 is 5.60 Å². The minimum atomic E-state index is -0.516. The summed E-state index contributed by atoms with van der Waals surface area (Å²) < 4.78 is 7.83. The van der Waals surface area contributed by atoms with E-state index in [1.54, 1.807) is 4.68 Å². The zero-order valence-electron chi connectivity index (χ0n) is 12.6. The second-order valence-electron chi connectivity index (χ2n) is 6.45. The van der Waals surface area contributed by atoms with Gasteiger partial charge in [-0.25, -0.2) is 0 Å². The summed E-state index contributed by atoms with van der Waals surface area (Å²) in [6, 6.07) is 6.29. The van der Waals surface area contributed by atoms with Gasteiger partial charge in [-0.05, 0) is 53.8 Å². The van der Waals surface area contributed by atoms with Gasteiger partial charge in [-0.15, -0.1) is 5.10 Å². The average Bonchev–Trinajstić information content (AvgIpc) is 2.88. The Kier molecular flexibility index (Phi) is 2.64. The molecule has 106 valence electrons. The predicted octanol–water partition coefficient (Wildman–Crippen LogP) is 2.98. The van der Waals surface area contributed by atoms with E-state index in [1.807, 2.05) is 19.9 Å². The van der Waals surface area contributed by atoms with E-state index in [9.17, 15) is 0 Å². The van der Waals surface area contributed by atoms with Crippen molar-refractivity contribution in [2.45, 2.75) is 52.1 Å². The topological polar surface area (TPSA) is 52.8 Å². The van der Waals surface area contributed by atoms with Gasteiger partial charge in [-0.2, -0.15) is 4.68 Å². The molecular formula is C15H20N4O. The van der Waals surface area contributed by atoms with E-state index in [4.69, 9.17) is 4.74 Å². The summed E-state index contributed by atoms with van der Waals surface area (Å²) in [5, 5.41) is 12.0. The number of fused-ring (bicyclic) bond motifs is 3. The zero-order chi connectivity index (χ0) is 14.5. The van der Waals surface area contributed by atoms with E-state index in [2.05, 4.69) is 48.4 Å². The van der Waals surface area contributed by atoms with Crippen molar-refractivity contribution in [3.63, 3.8) is 0 Å². The van der Waals surface area contributed by atoms with Crippen LogP contribution in [-0.4, -0.2) is 20.2 Å². The van der Waals surface area contributed by atoms with Crippen molar-refractivity contribution in [1.29, 1.82) is 0 Å². The molecule has 0 atom stereocenters. The van der Waals surface area contributed by atoms with Crippen LogP contribution in [0.3, 0.4) is 0 Å². The number of hydrogen-bond acceptors (Lipinski definition) is 4. The first-order valence-corrected chi connectivity index (χ1v) is 6.98. The predicted molar refractivity (Wildman–Crippen MR) is 76.1 cm³/mol. The number of hydrogen-bond donors (Lipinski definition) is 0. The van der Waals surface area contributed by atoms with Crippen LogP contribution < -0.4 is 4.74 Å². The number of benzene rings is 1. The van der Waals surface area contributed by atoms with Gasteiger partial charge in [-0.3, -0.25) is 0 Å². The molecule has 0 spiro atoms. The van der Waals surface area contributed by atoms with Crippen molar-refractivity contribution < 1.29 is 4.74 Å². The van der Waals surface area contributed by atoms with Crippen LogP contribution in [0.15, 0.2) is 18.2 Å². The SMILES string of the molecule is CCC(C)(C)c1ccc2c(c1)-n1nnnc1C(C)(C)O2. The highest BCUT2D eigenvalue weighted by Crippen LogP contribution is 2.39. The number of rotatable bonds is 2. The van der Waals surface area contributed by atoms with Crippen molar-refractivity contribution in [3.8, 4) is 11.4 Å². The molecule has 0 radical (unpaired) electrons. The second kappa shape index (κ2) is 4.04. The lowest BCUT2D eigenvalue weighted by Gasteiger charge is -2.32. The summed E-state index contributed by atoms with van der Waals surface area (Å²) in [6.45, 7) is 10.6. The van der Waals surface area contributed by atoms with E-state index in [1.165, 1.54) is 5.56 Å². The van der Waals surface area contributed by atoms with Crippen LogP contribution in [0.25, 0.3) is 5.69 Å². The van der Waals surface area contributed by atoms with Gasteiger partial charge < -0.3 is 4.74 Å². The lowest BCUT2D eigenvalue weighted by Crippen LogP contribution is -2.34. The van der Waals surface area contributed by atoms with Gasteiger partial charge in [0.15, 0.2) is 11.4 Å². The first-order chi connectivity index (χ1) is 9.35.